The van der Waals surface area contributed by atoms with Gasteiger partial charge in [0.25, 0.3) is 0 Å². The van der Waals surface area contributed by atoms with Crippen LogP contribution in [0.1, 0.15) is 29.3 Å². The van der Waals surface area contributed by atoms with Crippen molar-refractivity contribution in [3.05, 3.63) is 35.4 Å². The minimum Gasteiger partial charge on any atom is -0.478 e. The van der Waals surface area contributed by atoms with Crippen LogP contribution in [-0.4, -0.2) is 49.1 Å². The zero-order valence-corrected chi connectivity index (χ0v) is 13.2. The monoisotopic (exact) mass is 322 g/mol. The first-order valence-electron chi connectivity index (χ1n) is 7.56. The lowest BCUT2D eigenvalue weighted by molar-refractivity contribution is -0.128. The van der Waals surface area contributed by atoms with Crippen LogP contribution in [0.25, 0.3) is 0 Å². The molecule has 0 bridgehead atoms. The number of ether oxygens (including phenoxy) is 2. The van der Waals surface area contributed by atoms with Crippen LogP contribution in [0.4, 0.5) is 4.79 Å². The first-order chi connectivity index (χ1) is 11.0. The van der Waals surface area contributed by atoms with Crippen molar-refractivity contribution >= 4 is 12.0 Å². The first kappa shape index (κ1) is 17.2. The van der Waals surface area contributed by atoms with Gasteiger partial charge in [-0.2, -0.15) is 0 Å². The number of nitrogens with one attached hydrogen (secondary N) is 2. The summed E-state index contributed by atoms with van der Waals surface area (Å²) < 4.78 is 10.8. The van der Waals surface area contributed by atoms with Crippen LogP contribution < -0.4 is 10.6 Å². The fraction of sp³-hybridized carbons (Fsp3) is 0.500. The maximum Gasteiger partial charge on any atom is 0.335 e. The molecular formula is C16H22N2O5. The number of aromatic carboxylic acids is 1. The van der Waals surface area contributed by atoms with Gasteiger partial charge in [-0.15, -0.1) is 0 Å². The maximum absolute atomic E-state index is 11.9. The molecule has 7 nitrogen and oxygen atoms in total. The fourth-order valence-electron chi connectivity index (χ4n) is 2.58. The minimum atomic E-state index is -0.971. The van der Waals surface area contributed by atoms with Crippen LogP contribution in [0.2, 0.25) is 0 Å². The van der Waals surface area contributed by atoms with Gasteiger partial charge in [-0.3, -0.25) is 0 Å². The lowest BCUT2D eigenvalue weighted by Gasteiger charge is -2.43. The van der Waals surface area contributed by atoms with Gasteiger partial charge in [-0.1, -0.05) is 12.1 Å². The second kappa shape index (κ2) is 7.94. The molecular weight excluding hydrogens is 300 g/mol. The molecule has 3 N–H and O–H groups in total. The van der Waals surface area contributed by atoms with Crippen molar-refractivity contribution in [2.45, 2.75) is 38.1 Å². The Morgan fingerprint density at radius 2 is 2.00 bits per heavy atom. The number of carbonyl (C=O) groups is 2. The van der Waals surface area contributed by atoms with Gasteiger partial charge in [0.1, 0.15) is 6.10 Å². The summed E-state index contributed by atoms with van der Waals surface area (Å²) in [4.78, 5) is 22.7. The molecule has 3 unspecified atom stereocenters. The highest BCUT2D eigenvalue weighted by atomic mass is 16.5. The zero-order valence-electron chi connectivity index (χ0n) is 13.2. The number of carbonyl (C=O) groups excluding carboxylic acids is 1. The van der Waals surface area contributed by atoms with E-state index in [1.165, 1.54) is 12.1 Å². The van der Waals surface area contributed by atoms with E-state index < -0.39 is 5.97 Å². The normalized spacial score (nSPS) is 23.0. The number of benzene rings is 1. The van der Waals surface area contributed by atoms with Gasteiger partial charge in [0.05, 0.1) is 17.7 Å². The molecule has 0 aliphatic heterocycles. The third-order valence-electron chi connectivity index (χ3n) is 3.87. The van der Waals surface area contributed by atoms with Crippen molar-refractivity contribution in [3.8, 4) is 0 Å². The Balaban J connectivity index is 1.76. The number of carboxylic acids is 1. The molecule has 23 heavy (non-hydrogen) atoms. The van der Waals surface area contributed by atoms with E-state index >= 15 is 0 Å². The summed E-state index contributed by atoms with van der Waals surface area (Å²) in [6, 6.07) is 6.03. The van der Waals surface area contributed by atoms with E-state index in [0.717, 1.165) is 12.0 Å². The molecule has 1 aliphatic carbocycles. The third-order valence-corrected chi connectivity index (χ3v) is 3.87. The van der Waals surface area contributed by atoms with Crippen LogP contribution in [0.3, 0.4) is 0 Å². The van der Waals surface area contributed by atoms with Gasteiger partial charge < -0.3 is 25.2 Å². The van der Waals surface area contributed by atoms with Crippen molar-refractivity contribution in [2.75, 3.05) is 13.7 Å². The lowest BCUT2D eigenvalue weighted by atomic mass is 9.85. The standard InChI is InChI=1S/C16H22N2O5/c1-3-23-13-8-12(14(13)22-2)18-16(21)17-9-10-4-6-11(7-5-10)15(19)20/h4-7,12-14H,3,8-9H2,1-2H3,(H,19,20)(H2,17,18,21). The average molecular weight is 322 g/mol. The van der Waals surface area contributed by atoms with E-state index in [0.29, 0.717) is 13.2 Å². The summed E-state index contributed by atoms with van der Waals surface area (Å²) in [6.07, 6.45) is 0.627. The Hall–Kier alpha value is -2.12. The molecule has 1 aromatic carbocycles. The number of urea groups is 1. The van der Waals surface area contributed by atoms with Gasteiger partial charge in [0.2, 0.25) is 0 Å². The van der Waals surface area contributed by atoms with Gasteiger partial charge in [-0.05, 0) is 31.0 Å². The Labute approximate surface area is 135 Å². The highest BCUT2D eigenvalue weighted by molar-refractivity contribution is 5.87. The Bertz CT molecular complexity index is 546. The minimum absolute atomic E-state index is 0.0267. The van der Waals surface area contributed by atoms with E-state index in [1.807, 2.05) is 6.92 Å². The second-order valence-corrected chi connectivity index (χ2v) is 5.37. The molecule has 7 heteroatoms. The molecule has 1 fully saturated rings. The topological polar surface area (TPSA) is 96.9 Å². The molecule has 1 saturated carbocycles. The number of hydrogen-bond donors (Lipinski definition) is 3. The second-order valence-electron chi connectivity index (χ2n) is 5.37. The lowest BCUT2D eigenvalue weighted by Crippen LogP contribution is -2.62. The molecule has 0 saturated heterocycles. The van der Waals surface area contributed by atoms with E-state index in [4.69, 9.17) is 14.6 Å². The smallest absolute Gasteiger partial charge is 0.335 e. The van der Waals surface area contributed by atoms with Crippen LogP contribution in [0.15, 0.2) is 24.3 Å². The van der Waals surface area contributed by atoms with E-state index in [-0.39, 0.29) is 29.8 Å². The number of rotatable bonds is 7. The quantitative estimate of drug-likeness (QED) is 0.704. The van der Waals surface area contributed by atoms with E-state index in [9.17, 15) is 9.59 Å². The fourth-order valence-corrected chi connectivity index (χ4v) is 2.58. The number of hydrogen-bond acceptors (Lipinski definition) is 4. The Kier molecular flexibility index (Phi) is 5.95. The SMILES string of the molecule is CCOC1CC(NC(=O)NCc2ccc(C(=O)O)cc2)C1OC. The average Bonchev–Trinajstić information content (AvgIpc) is 2.52. The van der Waals surface area contributed by atoms with Crippen LogP contribution in [0, 0.1) is 0 Å². The summed E-state index contributed by atoms with van der Waals surface area (Å²) in [5.41, 5.74) is 1.05. The van der Waals surface area contributed by atoms with Crippen molar-refractivity contribution in [3.63, 3.8) is 0 Å². The number of amides is 2. The molecule has 1 aromatic rings. The highest BCUT2D eigenvalue weighted by Gasteiger charge is 2.42. The van der Waals surface area contributed by atoms with Gasteiger partial charge in [0, 0.05) is 20.3 Å². The predicted molar refractivity (Wildman–Crippen MR) is 83.4 cm³/mol. The van der Waals surface area contributed by atoms with Gasteiger partial charge in [-0.25, -0.2) is 9.59 Å². The molecule has 3 atom stereocenters. The molecule has 0 aromatic heterocycles. The van der Waals surface area contributed by atoms with Crippen LogP contribution in [-0.2, 0) is 16.0 Å². The van der Waals surface area contributed by atoms with Crippen molar-refractivity contribution in [1.29, 1.82) is 0 Å². The third kappa shape index (κ3) is 4.43. The largest absolute Gasteiger partial charge is 0.478 e. The maximum atomic E-state index is 11.9. The summed E-state index contributed by atoms with van der Waals surface area (Å²) in [5.74, 6) is -0.971. The van der Waals surface area contributed by atoms with E-state index in [1.54, 1.807) is 19.2 Å². The van der Waals surface area contributed by atoms with Crippen LogP contribution in [0.5, 0.6) is 0 Å². The molecule has 2 amide bonds. The molecule has 0 heterocycles. The molecule has 0 radical (unpaired) electrons. The molecule has 2 rings (SSSR count). The molecule has 1 aliphatic rings. The highest BCUT2D eigenvalue weighted by Crippen LogP contribution is 2.26. The van der Waals surface area contributed by atoms with Crippen molar-refractivity contribution in [2.24, 2.45) is 0 Å². The summed E-state index contributed by atoms with van der Waals surface area (Å²) in [5, 5.41) is 14.4. The first-order valence-corrected chi connectivity index (χ1v) is 7.56. The van der Waals surface area contributed by atoms with E-state index in [2.05, 4.69) is 10.6 Å². The van der Waals surface area contributed by atoms with Crippen LogP contribution >= 0.6 is 0 Å². The molecule has 0 spiro atoms. The Morgan fingerprint density at radius 3 is 2.57 bits per heavy atom. The summed E-state index contributed by atoms with van der Waals surface area (Å²) in [7, 11) is 1.60. The molecule has 126 valence electrons. The summed E-state index contributed by atoms with van der Waals surface area (Å²) in [6.45, 7) is 2.87. The number of carboxylic acid groups (broad SMARTS) is 1. The Morgan fingerprint density at radius 1 is 1.30 bits per heavy atom. The number of methoxy groups -OCH3 is 1. The van der Waals surface area contributed by atoms with Crippen molar-refractivity contribution < 1.29 is 24.2 Å². The van der Waals surface area contributed by atoms with Gasteiger partial charge >= 0.3 is 12.0 Å². The van der Waals surface area contributed by atoms with Gasteiger partial charge in [0.15, 0.2) is 0 Å². The predicted octanol–water partition coefficient (Wildman–Crippen LogP) is 1.38. The zero-order chi connectivity index (χ0) is 16.8. The summed E-state index contributed by atoms with van der Waals surface area (Å²) >= 11 is 0. The van der Waals surface area contributed by atoms with Crippen molar-refractivity contribution in [1.82, 2.24) is 10.6 Å².